The number of nitrogens with one attached hydrogen (secondary N) is 1. The van der Waals surface area contributed by atoms with Gasteiger partial charge in [-0.1, -0.05) is 30.3 Å². The summed E-state index contributed by atoms with van der Waals surface area (Å²) in [6.07, 6.45) is 1.77. The fraction of sp³-hybridized carbons (Fsp3) is 0.214. The maximum absolute atomic E-state index is 5.31. The lowest BCUT2D eigenvalue weighted by molar-refractivity contribution is 0.420. The molecule has 0 unspecified atom stereocenters. The molecule has 2 aromatic heterocycles. The maximum Gasteiger partial charge on any atom is 0.260 e. The highest BCUT2D eigenvalue weighted by molar-refractivity contribution is 5.91. The zero-order chi connectivity index (χ0) is 13.1. The van der Waals surface area contributed by atoms with Crippen LogP contribution in [-0.2, 0) is 6.54 Å². The van der Waals surface area contributed by atoms with Gasteiger partial charge in [-0.05, 0) is 18.7 Å². The zero-order valence-electron chi connectivity index (χ0n) is 10.6. The van der Waals surface area contributed by atoms with E-state index in [1.807, 2.05) is 37.3 Å². The molecule has 19 heavy (non-hydrogen) atoms. The van der Waals surface area contributed by atoms with E-state index in [1.54, 1.807) is 6.20 Å². The van der Waals surface area contributed by atoms with Crippen molar-refractivity contribution < 1.29 is 4.52 Å². The minimum Gasteiger partial charge on any atom is -0.334 e. The average molecular weight is 254 g/mol. The van der Waals surface area contributed by atoms with E-state index in [9.17, 15) is 0 Å². The minimum atomic E-state index is 0.511. The monoisotopic (exact) mass is 254 g/mol. The summed E-state index contributed by atoms with van der Waals surface area (Å²) >= 11 is 0. The zero-order valence-corrected chi connectivity index (χ0v) is 10.6. The highest BCUT2D eigenvalue weighted by Gasteiger charge is 2.12. The van der Waals surface area contributed by atoms with Gasteiger partial charge in [0.05, 0.1) is 17.6 Å². The van der Waals surface area contributed by atoms with Crippen LogP contribution in [0.15, 0.2) is 41.1 Å². The van der Waals surface area contributed by atoms with Gasteiger partial charge >= 0.3 is 0 Å². The standard InChI is InChI=1S/C14H14N4O/c1-2-15-9-12-17-14(19-18-12)11-7-3-5-10-6-4-8-16-13(10)11/h3-8,15H,2,9H2,1H3. The third-order valence-corrected chi connectivity index (χ3v) is 2.86. The van der Waals surface area contributed by atoms with Crippen molar-refractivity contribution >= 4 is 10.9 Å². The lowest BCUT2D eigenvalue weighted by atomic mass is 10.1. The summed E-state index contributed by atoms with van der Waals surface area (Å²) in [5.74, 6) is 1.17. The van der Waals surface area contributed by atoms with Crippen LogP contribution in [0.5, 0.6) is 0 Å². The van der Waals surface area contributed by atoms with Gasteiger partial charge in [-0.15, -0.1) is 0 Å². The number of rotatable bonds is 4. The molecule has 0 spiro atoms. The van der Waals surface area contributed by atoms with Gasteiger partial charge in [0.1, 0.15) is 0 Å². The maximum atomic E-state index is 5.31. The number of aromatic nitrogens is 3. The molecule has 3 aromatic rings. The Labute approximate surface area is 110 Å². The second-order valence-electron chi connectivity index (χ2n) is 4.18. The van der Waals surface area contributed by atoms with Crippen molar-refractivity contribution in [3.05, 3.63) is 42.4 Å². The quantitative estimate of drug-likeness (QED) is 0.774. The summed E-state index contributed by atoms with van der Waals surface area (Å²) in [6, 6.07) is 9.85. The summed E-state index contributed by atoms with van der Waals surface area (Å²) in [6.45, 7) is 3.52. The van der Waals surface area contributed by atoms with Crippen molar-refractivity contribution in [2.45, 2.75) is 13.5 Å². The molecule has 0 amide bonds. The summed E-state index contributed by atoms with van der Waals surface area (Å²) < 4.78 is 5.31. The molecule has 3 rings (SSSR count). The molecule has 0 aliphatic rings. The Bertz CT molecular complexity index is 687. The number of hydrogen-bond acceptors (Lipinski definition) is 5. The van der Waals surface area contributed by atoms with Gasteiger partial charge in [0, 0.05) is 11.6 Å². The molecule has 0 bridgehead atoms. The first kappa shape index (κ1) is 11.8. The third-order valence-electron chi connectivity index (χ3n) is 2.86. The first-order valence-corrected chi connectivity index (χ1v) is 6.26. The molecule has 1 aromatic carbocycles. The summed E-state index contributed by atoms with van der Waals surface area (Å²) in [5.41, 5.74) is 1.75. The molecule has 0 radical (unpaired) electrons. The van der Waals surface area contributed by atoms with Crippen LogP contribution >= 0.6 is 0 Å². The van der Waals surface area contributed by atoms with Crippen molar-refractivity contribution in [1.82, 2.24) is 20.4 Å². The highest BCUT2D eigenvalue weighted by atomic mass is 16.5. The van der Waals surface area contributed by atoms with Crippen LogP contribution in [0.1, 0.15) is 12.7 Å². The van der Waals surface area contributed by atoms with Crippen molar-refractivity contribution in [2.75, 3.05) is 6.54 Å². The second-order valence-corrected chi connectivity index (χ2v) is 4.18. The molecule has 0 saturated heterocycles. The molecule has 0 saturated carbocycles. The van der Waals surface area contributed by atoms with E-state index in [2.05, 4.69) is 20.4 Å². The first-order chi connectivity index (χ1) is 9.38. The Balaban J connectivity index is 2.02. The van der Waals surface area contributed by atoms with E-state index in [0.29, 0.717) is 18.3 Å². The smallest absolute Gasteiger partial charge is 0.260 e. The van der Waals surface area contributed by atoms with Crippen LogP contribution < -0.4 is 5.32 Å². The Hall–Kier alpha value is -2.27. The molecule has 0 atom stereocenters. The predicted molar refractivity (Wildman–Crippen MR) is 72.4 cm³/mol. The van der Waals surface area contributed by atoms with Crippen LogP contribution in [0.2, 0.25) is 0 Å². The molecule has 2 heterocycles. The average Bonchev–Trinajstić information content (AvgIpc) is 2.93. The fourth-order valence-electron chi connectivity index (χ4n) is 1.95. The predicted octanol–water partition coefficient (Wildman–Crippen LogP) is 2.39. The van der Waals surface area contributed by atoms with Gasteiger partial charge < -0.3 is 9.84 Å². The molecule has 0 aliphatic carbocycles. The Morgan fingerprint density at radius 2 is 2.11 bits per heavy atom. The summed E-state index contributed by atoms with van der Waals surface area (Å²) in [4.78, 5) is 8.77. The topological polar surface area (TPSA) is 63.8 Å². The molecule has 5 heteroatoms. The molecule has 5 nitrogen and oxygen atoms in total. The molecular weight excluding hydrogens is 240 g/mol. The summed E-state index contributed by atoms with van der Waals surface area (Å²) in [7, 11) is 0. The van der Waals surface area contributed by atoms with Crippen LogP contribution in [0.3, 0.4) is 0 Å². The van der Waals surface area contributed by atoms with Crippen molar-refractivity contribution in [1.29, 1.82) is 0 Å². The van der Waals surface area contributed by atoms with E-state index in [1.165, 1.54) is 0 Å². The SMILES string of the molecule is CCNCc1noc(-c2cccc3cccnc23)n1. The van der Waals surface area contributed by atoms with Gasteiger partial charge in [0.2, 0.25) is 0 Å². The van der Waals surface area contributed by atoms with E-state index in [4.69, 9.17) is 4.52 Å². The number of hydrogen-bond donors (Lipinski definition) is 1. The van der Waals surface area contributed by atoms with Crippen molar-refractivity contribution in [3.63, 3.8) is 0 Å². The Kier molecular flexibility index (Phi) is 3.20. The third kappa shape index (κ3) is 2.32. The highest BCUT2D eigenvalue weighted by Crippen LogP contribution is 2.25. The van der Waals surface area contributed by atoms with Gasteiger partial charge in [-0.2, -0.15) is 4.98 Å². The van der Waals surface area contributed by atoms with E-state index >= 15 is 0 Å². The largest absolute Gasteiger partial charge is 0.334 e. The van der Waals surface area contributed by atoms with Gasteiger partial charge in [-0.25, -0.2) is 0 Å². The van der Waals surface area contributed by atoms with Gasteiger partial charge in [0.15, 0.2) is 5.82 Å². The van der Waals surface area contributed by atoms with Crippen molar-refractivity contribution in [2.24, 2.45) is 0 Å². The minimum absolute atomic E-state index is 0.511. The van der Waals surface area contributed by atoms with Crippen LogP contribution in [0.25, 0.3) is 22.4 Å². The lowest BCUT2D eigenvalue weighted by Gasteiger charge is -2.00. The number of nitrogens with zero attached hydrogens (tertiary/aromatic N) is 3. The number of fused-ring (bicyclic) bond motifs is 1. The molecule has 96 valence electrons. The fourth-order valence-corrected chi connectivity index (χ4v) is 1.95. The molecule has 0 fully saturated rings. The first-order valence-electron chi connectivity index (χ1n) is 6.26. The van der Waals surface area contributed by atoms with E-state index < -0.39 is 0 Å². The Morgan fingerprint density at radius 1 is 1.21 bits per heavy atom. The molecule has 1 N–H and O–H groups in total. The normalized spacial score (nSPS) is 11.0. The summed E-state index contributed by atoms with van der Waals surface area (Å²) in [5, 5.41) is 8.19. The number of para-hydroxylation sites is 1. The van der Waals surface area contributed by atoms with Gasteiger partial charge in [-0.3, -0.25) is 4.98 Å². The van der Waals surface area contributed by atoms with Crippen LogP contribution in [-0.4, -0.2) is 21.7 Å². The van der Waals surface area contributed by atoms with Crippen molar-refractivity contribution in [3.8, 4) is 11.5 Å². The number of pyridine rings is 1. The molecular formula is C14H14N4O. The van der Waals surface area contributed by atoms with E-state index in [-0.39, 0.29) is 0 Å². The molecule has 0 aliphatic heterocycles. The van der Waals surface area contributed by atoms with Crippen LogP contribution in [0, 0.1) is 0 Å². The van der Waals surface area contributed by atoms with Crippen LogP contribution in [0.4, 0.5) is 0 Å². The van der Waals surface area contributed by atoms with Gasteiger partial charge in [0.25, 0.3) is 5.89 Å². The second kappa shape index (κ2) is 5.16. The van der Waals surface area contributed by atoms with E-state index in [0.717, 1.165) is 23.0 Å². The lowest BCUT2D eigenvalue weighted by Crippen LogP contribution is -2.12. The number of benzene rings is 1. The Morgan fingerprint density at radius 3 is 3.00 bits per heavy atom.